The number of allylic oxidation sites excluding steroid dienone is 2. The number of hydrogen-bond acceptors (Lipinski definition) is 5. The van der Waals surface area contributed by atoms with Crippen LogP contribution in [-0.2, 0) is 9.59 Å². The summed E-state index contributed by atoms with van der Waals surface area (Å²) in [6.45, 7) is 2.04. The van der Waals surface area contributed by atoms with Gasteiger partial charge in [0.25, 0.3) is 5.91 Å². The summed E-state index contributed by atoms with van der Waals surface area (Å²) in [6, 6.07) is 14.8. The number of amides is 3. The molecular formula is C28H23N3O3S. The molecule has 2 saturated carbocycles. The van der Waals surface area contributed by atoms with Gasteiger partial charge in [0.15, 0.2) is 5.13 Å². The molecule has 3 amide bonds. The summed E-state index contributed by atoms with van der Waals surface area (Å²) in [5.74, 6) is 0.638. The molecule has 1 saturated heterocycles. The lowest BCUT2D eigenvalue weighted by molar-refractivity contribution is -0.124. The van der Waals surface area contributed by atoms with E-state index in [0.717, 1.165) is 17.7 Å². The Balaban J connectivity index is 1.07. The molecule has 2 aromatic carbocycles. The van der Waals surface area contributed by atoms with E-state index in [4.69, 9.17) is 0 Å². The average Bonchev–Trinajstić information content (AvgIpc) is 3.51. The summed E-state index contributed by atoms with van der Waals surface area (Å²) in [5, 5.41) is 5.28. The third-order valence-corrected chi connectivity index (χ3v) is 8.88. The third kappa shape index (κ3) is 3.14. The summed E-state index contributed by atoms with van der Waals surface area (Å²) < 4.78 is 0. The molecular weight excluding hydrogens is 458 g/mol. The fraction of sp³-hybridized carbons (Fsp3) is 0.286. The van der Waals surface area contributed by atoms with Crippen molar-refractivity contribution in [3.63, 3.8) is 0 Å². The van der Waals surface area contributed by atoms with Crippen LogP contribution < -0.4 is 10.2 Å². The molecule has 3 aromatic rings. The molecule has 0 spiro atoms. The smallest absolute Gasteiger partial charge is 0.257 e. The zero-order valence-electron chi connectivity index (χ0n) is 19.0. The molecule has 6 atom stereocenters. The summed E-state index contributed by atoms with van der Waals surface area (Å²) in [6.07, 6.45) is 5.49. The van der Waals surface area contributed by atoms with Gasteiger partial charge in [-0.1, -0.05) is 42.0 Å². The minimum absolute atomic E-state index is 0.0895. The van der Waals surface area contributed by atoms with Gasteiger partial charge in [0.2, 0.25) is 11.8 Å². The van der Waals surface area contributed by atoms with Gasteiger partial charge in [-0.05, 0) is 61.3 Å². The maximum atomic E-state index is 13.3. The van der Waals surface area contributed by atoms with Crippen molar-refractivity contribution in [3.05, 3.63) is 77.2 Å². The van der Waals surface area contributed by atoms with Crippen molar-refractivity contribution in [2.24, 2.45) is 35.5 Å². The molecule has 0 unspecified atom stereocenters. The van der Waals surface area contributed by atoms with Crippen LogP contribution in [-0.4, -0.2) is 22.7 Å². The van der Waals surface area contributed by atoms with Crippen molar-refractivity contribution in [3.8, 4) is 11.3 Å². The van der Waals surface area contributed by atoms with Crippen LogP contribution in [0.15, 0.2) is 66.1 Å². The molecule has 4 aliphatic carbocycles. The van der Waals surface area contributed by atoms with Gasteiger partial charge in [-0.25, -0.2) is 4.98 Å². The molecule has 0 radical (unpaired) electrons. The Bertz CT molecular complexity index is 1370. The van der Waals surface area contributed by atoms with E-state index in [9.17, 15) is 14.4 Å². The number of thiazole rings is 1. The van der Waals surface area contributed by atoms with Crippen LogP contribution in [0, 0.1) is 42.4 Å². The Hall–Kier alpha value is -3.58. The molecule has 8 rings (SSSR count). The molecule has 1 aliphatic heterocycles. The second-order valence-electron chi connectivity index (χ2n) is 10.1. The minimum Gasteiger partial charge on any atom is -0.298 e. The number of benzene rings is 2. The second kappa shape index (κ2) is 7.46. The lowest BCUT2D eigenvalue weighted by Gasteiger charge is -2.37. The highest BCUT2D eigenvalue weighted by molar-refractivity contribution is 7.14. The van der Waals surface area contributed by atoms with Gasteiger partial charge >= 0.3 is 0 Å². The largest absolute Gasteiger partial charge is 0.298 e. The first-order valence-corrected chi connectivity index (χ1v) is 12.9. The SMILES string of the molecule is Cc1ccc(-c2csc(NC(=O)c3ccc(N4C(=O)[C@@H]5[C@H]6C=C[C@@H]([C@@H]7C[C@H]67)[C@H]5C4=O)cc3)n2)cc1. The van der Waals surface area contributed by atoms with E-state index in [1.54, 1.807) is 24.3 Å². The zero-order valence-corrected chi connectivity index (χ0v) is 19.9. The van der Waals surface area contributed by atoms with Crippen LogP contribution in [0.3, 0.4) is 0 Å². The van der Waals surface area contributed by atoms with Crippen LogP contribution in [0.2, 0.25) is 0 Å². The van der Waals surface area contributed by atoms with Crippen LogP contribution in [0.1, 0.15) is 22.3 Å². The summed E-state index contributed by atoms with van der Waals surface area (Å²) >= 11 is 1.37. The Morgan fingerprint density at radius 2 is 1.57 bits per heavy atom. The predicted octanol–water partition coefficient (Wildman–Crippen LogP) is 4.93. The number of carbonyl (C=O) groups is 3. The van der Waals surface area contributed by atoms with Crippen molar-refractivity contribution < 1.29 is 14.4 Å². The molecule has 5 aliphatic rings. The van der Waals surface area contributed by atoms with E-state index in [1.807, 2.05) is 36.6 Å². The van der Waals surface area contributed by atoms with Crippen LogP contribution in [0.25, 0.3) is 11.3 Å². The van der Waals surface area contributed by atoms with Gasteiger partial charge in [-0.15, -0.1) is 11.3 Å². The molecule has 3 fully saturated rings. The van der Waals surface area contributed by atoms with Gasteiger partial charge in [-0.2, -0.15) is 0 Å². The number of imide groups is 1. The first-order valence-electron chi connectivity index (χ1n) is 12.0. The van der Waals surface area contributed by atoms with E-state index < -0.39 is 0 Å². The zero-order chi connectivity index (χ0) is 23.8. The van der Waals surface area contributed by atoms with Crippen LogP contribution >= 0.6 is 11.3 Å². The van der Waals surface area contributed by atoms with Crippen molar-refractivity contribution in [1.29, 1.82) is 0 Å². The lowest BCUT2D eigenvalue weighted by atomic mass is 9.63. The highest BCUT2D eigenvalue weighted by Gasteiger charge is 2.67. The topological polar surface area (TPSA) is 79.4 Å². The fourth-order valence-corrected chi connectivity index (χ4v) is 7.05. The molecule has 1 N–H and O–H groups in total. The predicted molar refractivity (Wildman–Crippen MR) is 134 cm³/mol. The summed E-state index contributed by atoms with van der Waals surface area (Å²) in [7, 11) is 0. The fourth-order valence-electron chi connectivity index (χ4n) is 6.33. The molecule has 35 heavy (non-hydrogen) atoms. The molecule has 7 heteroatoms. The van der Waals surface area contributed by atoms with Crippen molar-refractivity contribution in [2.75, 3.05) is 10.2 Å². The number of rotatable bonds is 4. The van der Waals surface area contributed by atoms with E-state index in [1.165, 1.54) is 21.8 Å². The minimum atomic E-state index is -0.281. The second-order valence-corrected chi connectivity index (χ2v) is 10.9. The molecule has 2 heterocycles. The molecule has 1 aromatic heterocycles. The Morgan fingerprint density at radius 3 is 2.20 bits per heavy atom. The maximum Gasteiger partial charge on any atom is 0.257 e. The van der Waals surface area contributed by atoms with Crippen LogP contribution in [0.4, 0.5) is 10.8 Å². The monoisotopic (exact) mass is 481 g/mol. The molecule has 174 valence electrons. The number of anilines is 2. The summed E-state index contributed by atoms with van der Waals surface area (Å²) in [5.41, 5.74) is 3.97. The van der Waals surface area contributed by atoms with Gasteiger partial charge in [-0.3, -0.25) is 24.6 Å². The number of aryl methyl sites for hydroxylation is 1. The highest BCUT2D eigenvalue weighted by Crippen LogP contribution is 2.65. The van der Waals surface area contributed by atoms with Gasteiger partial charge in [0, 0.05) is 16.5 Å². The van der Waals surface area contributed by atoms with E-state index in [-0.39, 0.29) is 41.4 Å². The van der Waals surface area contributed by atoms with Gasteiger partial charge in [0.1, 0.15) is 0 Å². The first kappa shape index (κ1) is 20.8. The van der Waals surface area contributed by atoms with Crippen molar-refractivity contribution in [2.45, 2.75) is 13.3 Å². The lowest BCUT2D eigenvalue weighted by Crippen LogP contribution is -2.40. The van der Waals surface area contributed by atoms with Crippen molar-refractivity contribution >= 4 is 39.9 Å². The number of carbonyl (C=O) groups excluding carboxylic acids is 3. The van der Waals surface area contributed by atoms with Gasteiger partial charge in [0.05, 0.1) is 23.2 Å². The highest BCUT2D eigenvalue weighted by atomic mass is 32.1. The Labute approximate surface area is 206 Å². The normalized spacial score (nSPS) is 29.8. The maximum absolute atomic E-state index is 13.3. The molecule has 6 nitrogen and oxygen atoms in total. The number of aromatic nitrogens is 1. The quantitative estimate of drug-likeness (QED) is 0.423. The Morgan fingerprint density at radius 1 is 0.943 bits per heavy atom. The number of nitrogens with one attached hydrogen (secondary N) is 1. The Kier molecular flexibility index (Phi) is 4.42. The van der Waals surface area contributed by atoms with E-state index in [0.29, 0.717) is 28.2 Å². The van der Waals surface area contributed by atoms with Crippen LogP contribution in [0.5, 0.6) is 0 Å². The standard InChI is InChI=1S/C28H23N3O3S/c1-14-2-4-15(5-3-14)22-13-35-28(29-22)30-25(32)16-6-8-17(9-7-16)31-26(33)23-18-10-11-19(21-12-20(18)21)24(23)27(31)34/h2-11,13,18-21,23-24H,12H2,1H3,(H,29,30,32)/t18-,19-,20-,21+,23+,24+/m0/s1. The average molecular weight is 482 g/mol. The number of hydrogen-bond donors (Lipinski definition) is 1. The van der Waals surface area contributed by atoms with E-state index >= 15 is 0 Å². The van der Waals surface area contributed by atoms with E-state index in [2.05, 4.69) is 22.5 Å². The molecule has 2 bridgehead atoms. The number of nitrogens with zero attached hydrogens (tertiary/aromatic N) is 2. The van der Waals surface area contributed by atoms with Gasteiger partial charge < -0.3 is 0 Å². The third-order valence-electron chi connectivity index (χ3n) is 8.12. The van der Waals surface area contributed by atoms with Crippen molar-refractivity contribution in [1.82, 2.24) is 4.98 Å². The summed E-state index contributed by atoms with van der Waals surface area (Å²) in [4.78, 5) is 45.3. The first-order chi connectivity index (χ1) is 17.0.